The third kappa shape index (κ3) is 3.80. The first kappa shape index (κ1) is 15.5. The van der Waals surface area contributed by atoms with Crippen molar-refractivity contribution in [1.82, 2.24) is 5.32 Å². The largest absolute Gasteiger partial charge is 0.356 e. The van der Waals surface area contributed by atoms with E-state index >= 15 is 0 Å². The fourth-order valence-electron chi connectivity index (χ4n) is 2.10. The van der Waals surface area contributed by atoms with Crippen LogP contribution in [-0.2, 0) is 4.79 Å². The molecule has 1 atom stereocenters. The number of carbonyl (C=O) groups excluding carboxylic acids is 1. The Kier molecular flexibility index (Phi) is 4.61. The molecule has 1 amide bonds. The second-order valence-electron chi connectivity index (χ2n) is 7.18. The van der Waals surface area contributed by atoms with Crippen molar-refractivity contribution in [2.75, 3.05) is 6.54 Å². The lowest BCUT2D eigenvalue weighted by Gasteiger charge is -2.44. The first-order valence-electron chi connectivity index (χ1n) is 6.22. The van der Waals surface area contributed by atoms with Gasteiger partial charge in [-0.3, -0.25) is 4.79 Å². The lowest BCUT2D eigenvalue weighted by molar-refractivity contribution is -0.138. The highest BCUT2D eigenvalue weighted by atomic mass is 16.2. The van der Waals surface area contributed by atoms with E-state index in [9.17, 15) is 4.79 Å². The summed E-state index contributed by atoms with van der Waals surface area (Å²) >= 11 is 0. The summed E-state index contributed by atoms with van der Waals surface area (Å²) in [5.74, 6) is 0.178. The molecule has 2 nitrogen and oxygen atoms in total. The molecular formula is C14H29NO. The summed E-state index contributed by atoms with van der Waals surface area (Å²) in [6, 6.07) is 0. The van der Waals surface area contributed by atoms with Crippen LogP contribution in [0.3, 0.4) is 0 Å². The van der Waals surface area contributed by atoms with Gasteiger partial charge in [-0.1, -0.05) is 48.5 Å². The summed E-state index contributed by atoms with van der Waals surface area (Å²) < 4.78 is 0. The first-order valence-corrected chi connectivity index (χ1v) is 6.22. The molecule has 0 aliphatic heterocycles. The van der Waals surface area contributed by atoms with Crippen LogP contribution in [0.2, 0.25) is 0 Å². The average Bonchev–Trinajstić information content (AvgIpc) is 1.99. The molecule has 0 radical (unpaired) electrons. The molecular weight excluding hydrogens is 198 g/mol. The average molecular weight is 227 g/mol. The summed E-state index contributed by atoms with van der Waals surface area (Å²) in [7, 11) is 0. The topological polar surface area (TPSA) is 29.1 Å². The minimum atomic E-state index is -0.318. The van der Waals surface area contributed by atoms with Crippen LogP contribution in [0.4, 0.5) is 0 Å². The van der Waals surface area contributed by atoms with Crippen LogP contribution in [0.15, 0.2) is 0 Å². The van der Waals surface area contributed by atoms with E-state index in [0.29, 0.717) is 6.54 Å². The van der Waals surface area contributed by atoms with Crippen LogP contribution in [-0.4, -0.2) is 12.5 Å². The quantitative estimate of drug-likeness (QED) is 0.784. The van der Waals surface area contributed by atoms with E-state index in [1.807, 2.05) is 6.92 Å². The van der Waals surface area contributed by atoms with Crippen molar-refractivity contribution in [2.24, 2.45) is 16.2 Å². The molecule has 0 aromatic rings. The normalized spacial score (nSPS) is 16.8. The SMILES string of the molecule is CCNC(=O)C(C)(CC(C)(C)C)C(C)(C)C. The van der Waals surface area contributed by atoms with Crippen LogP contribution in [0.1, 0.15) is 61.8 Å². The van der Waals surface area contributed by atoms with E-state index < -0.39 is 0 Å². The molecule has 2 heteroatoms. The predicted octanol–water partition coefficient (Wildman–Crippen LogP) is 3.61. The monoisotopic (exact) mass is 227 g/mol. The minimum Gasteiger partial charge on any atom is -0.356 e. The smallest absolute Gasteiger partial charge is 0.226 e. The maximum absolute atomic E-state index is 12.3. The van der Waals surface area contributed by atoms with Gasteiger partial charge < -0.3 is 5.32 Å². The van der Waals surface area contributed by atoms with Gasteiger partial charge >= 0.3 is 0 Å². The van der Waals surface area contributed by atoms with Crippen LogP contribution >= 0.6 is 0 Å². The van der Waals surface area contributed by atoms with Crippen LogP contribution < -0.4 is 5.32 Å². The molecule has 0 saturated carbocycles. The van der Waals surface area contributed by atoms with Crippen molar-refractivity contribution < 1.29 is 4.79 Å². The maximum atomic E-state index is 12.3. The number of nitrogens with one attached hydrogen (secondary N) is 1. The summed E-state index contributed by atoms with van der Waals surface area (Å²) in [5.41, 5.74) is -0.187. The Morgan fingerprint density at radius 1 is 1.00 bits per heavy atom. The van der Waals surface area contributed by atoms with Crippen LogP contribution in [0.25, 0.3) is 0 Å². The molecule has 0 aromatic heterocycles. The van der Waals surface area contributed by atoms with Gasteiger partial charge in [-0.05, 0) is 24.2 Å². The fraction of sp³-hybridized carbons (Fsp3) is 0.929. The molecule has 16 heavy (non-hydrogen) atoms. The van der Waals surface area contributed by atoms with Gasteiger partial charge in [0.05, 0.1) is 5.41 Å². The van der Waals surface area contributed by atoms with Gasteiger partial charge in [-0.2, -0.15) is 0 Å². The Hall–Kier alpha value is -0.530. The summed E-state index contributed by atoms with van der Waals surface area (Å²) in [6.07, 6.45) is 0.898. The van der Waals surface area contributed by atoms with Gasteiger partial charge in [-0.25, -0.2) is 0 Å². The van der Waals surface area contributed by atoms with E-state index in [4.69, 9.17) is 0 Å². The van der Waals surface area contributed by atoms with E-state index in [0.717, 1.165) is 6.42 Å². The molecule has 0 saturated heterocycles. The van der Waals surface area contributed by atoms with Gasteiger partial charge in [-0.15, -0.1) is 0 Å². The molecule has 0 aromatic carbocycles. The second-order valence-corrected chi connectivity index (χ2v) is 7.18. The van der Waals surface area contributed by atoms with E-state index in [1.165, 1.54) is 0 Å². The number of hydrogen-bond donors (Lipinski definition) is 1. The number of carbonyl (C=O) groups is 1. The van der Waals surface area contributed by atoms with Gasteiger partial charge in [0.1, 0.15) is 0 Å². The molecule has 0 fully saturated rings. The third-order valence-corrected chi connectivity index (χ3v) is 3.38. The van der Waals surface area contributed by atoms with Gasteiger partial charge in [0.2, 0.25) is 5.91 Å². The molecule has 0 rings (SSSR count). The molecule has 0 aliphatic carbocycles. The standard InChI is InChI=1S/C14H29NO/c1-9-15-11(16)14(8,13(5,6)7)10-12(2,3)4/h9-10H2,1-8H3,(H,15,16). The molecule has 96 valence electrons. The van der Waals surface area contributed by atoms with Gasteiger partial charge in [0.25, 0.3) is 0 Å². The highest BCUT2D eigenvalue weighted by Crippen LogP contribution is 2.46. The zero-order valence-electron chi connectivity index (χ0n) is 12.3. The highest BCUT2D eigenvalue weighted by molar-refractivity contribution is 5.83. The lowest BCUT2D eigenvalue weighted by atomic mass is 9.61. The van der Waals surface area contributed by atoms with Crippen molar-refractivity contribution in [3.05, 3.63) is 0 Å². The van der Waals surface area contributed by atoms with E-state index in [1.54, 1.807) is 0 Å². The molecule has 1 unspecified atom stereocenters. The molecule has 0 bridgehead atoms. The van der Waals surface area contributed by atoms with Gasteiger partial charge in [0.15, 0.2) is 0 Å². The Morgan fingerprint density at radius 3 is 1.69 bits per heavy atom. The van der Waals surface area contributed by atoms with Crippen LogP contribution in [0, 0.1) is 16.2 Å². The molecule has 1 N–H and O–H groups in total. The predicted molar refractivity (Wildman–Crippen MR) is 70.3 cm³/mol. The maximum Gasteiger partial charge on any atom is 0.226 e. The Bertz CT molecular complexity index is 244. The Balaban J connectivity index is 5.13. The minimum absolute atomic E-state index is 0.0282. The van der Waals surface area contributed by atoms with Crippen molar-refractivity contribution in [1.29, 1.82) is 0 Å². The Labute approximate surface area is 101 Å². The van der Waals surface area contributed by atoms with Crippen molar-refractivity contribution in [3.63, 3.8) is 0 Å². The summed E-state index contributed by atoms with van der Waals surface area (Å²) in [6.45, 7) is 17.8. The second kappa shape index (κ2) is 4.77. The fourth-order valence-corrected chi connectivity index (χ4v) is 2.10. The molecule has 0 aliphatic rings. The zero-order chi connectivity index (χ0) is 13.2. The van der Waals surface area contributed by atoms with E-state index in [-0.39, 0.29) is 22.2 Å². The molecule has 0 spiro atoms. The Morgan fingerprint density at radius 2 is 1.44 bits per heavy atom. The number of amides is 1. The zero-order valence-corrected chi connectivity index (χ0v) is 12.3. The van der Waals surface area contributed by atoms with Crippen LogP contribution in [0.5, 0.6) is 0 Å². The molecule has 0 heterocycles. The summed E-state index contributed by atoms with van der Waals surface area (Å²) in [5, 5.41) is 2.98. The number of hydrogen-bond acceptors (Lipinski definition) is 1. The summed E-state index contributed by atoms with van der Waals surface area (Å²) in [4.78, 5) is 12.3. The van der Waals surface area contributed by atoms with Crippen molar-refractivity contribution >= 4 is 5.91 Å². The van der Waals surface area contributed by atoms with Crippen molar-refractivity contribution in [2.45, 2.75) is 61.8 Å². The first-order chi connectivity index (χ1) is 6.94. The highest BCUT2D eigenvalue weighted by Gasteiger charge is 2.45. The van der Waals surface area contributed by atoms with Gasteiger partial charge in [0, 0.05) is 6.54 Å². The van der Waals surface area contributed by atoms with Crippen molar-refractivity contribution in [3.8, 4) is 0 Å². The lowest BCUT2D eigenvalue weighted by Crippen LogP contribution is -2.49. The van der Waals surface area contributed by atoms with E-state index in [2.05, 4.69) is 53.8 Å². The number of rotatable bonds is 3. The third-order valence-electron chi connectivity index (χ3n) is 3.38.